The Hall–Kier alpha value is -2.20. The van der Waals surface area contributed by atoms with Gasteiger partial charge in [-0.2, -0.15) is 5.10 Å². The van der Waals surface area contributed by atoms with Gasteiger partial charge in [-0.3, -0.25) is 5.43 Å². The highest BCUT2D eigenvalue weighted by atomic mass is 32.1. The summed E-state index contributed by atoms with van der Waals surface area (Å²) in [7, 11) is 0. The molecule has 4 heteroatoms. The van der Waals surface area contributed by atoms with E-state index in [2.05, 4.69) is 47.0 Å². The second-order valence-electron chi connectivity index (χ2n) is 4.76. The van der Waals surface area contributed by atoms with Gasteiger partial charge in [0, 0.05) is 18.7 Å². The Morgan fingerprint density at radius 3 is 2.38 bits per heavy atom. The molecular weight excluding hydrogens is 278 g/mol. The van der Waals surface area contributed by atoms with Crippen molar-refractivity contribution in [2.45, 2.75) is 19.4 Å². The molecule has 0 heterocycles. The summed E-state index contributed by atoms with van der Waals surface area (Å²) in [6.45, 7) is 2.79. The third-order valence-corrected chi connectivity index (χ3v) is 3.32. The highest BCUT2D eigenvalue weighted by Crippen LogP contribution is 2.11. The zero-order valence-corrected chi connectivity index (χ0v) is 12.8. The maximum absolute atomic E-state index is 5.19. The Bertz CT molecular complexity index is 581. The fourth-order valence-electron chi connectivity index (χ4n) is 1.87. The molecule has 0 amide bonds. The van der Waals surface area contributed by atoms with Crippen molar-refractivity contribution in [3.63, 3.8) is 0 Å². The van der Waals surface area contributed by atoms with Crippen LogP contribution in [-0.4, -0.2) is 11.3 Å². The van der Waals surface area contributed by atoms with Gasteiger partial charge in [-0.25, -0.2) is 0 Å². The fraction of sp³-hybridized carbons (Fsp3) is 0.176. The van der Waals surface area contributed by atoms with Crippen molar-refractivity contribution in [1.29, 1.82) is 0 Å². The van der Waals surface area contributed by atoms with E-state index in [0.29, 0.717) is 11.7 Å². The number of hydrogen-bond acceptors (Lipinski definition) is 2. The Balaban J connectivity index is 1.75. The van der Waals surface area contributed by atoms with Crippen molar-refractivity contribution in [3.05, 3.63) is 71.8 Å². The van der Waals surface area contributed by atoms with Crippen molar-refractivity contribution in [1.82, 2.24) is 10.7 Å². The van der Waals surface area contributed by atoms with Gasteiger partial charge in [0.1, 0.15) is 0 Å². The number of benzene rings is 2. The van der Waals surface area contributed by atoms with Crippen LogP contribution in [0, 0.1) is 0 Å². The van der Waals surface area contributed by atoms with Crippen LogP contribution in [0.25, 0.3) is 0 Å². The Morgan fingerprint density at radius 1 is 1.10 bits per heavy atom. The number of rotatable bonds is 5. The molecule has 0 aliphatic heterocycles. The quantitative estimate of drug-likeness (QED) is 0.504. The number of hydrogen-bond donors (Lipinski definition) is 2. The zero-order chi connectivity index (χ0) is 14.9. The van der Waals surface area contributed by atoms with E-state index in [4.69, 9.17) is 12.2 Å². The molecule has 0 saturated heterocycles. The number of nitrogens with one attached hydrogen (secondary N) is 2. The molecule has 2 rings (SSSR count). The molecule has 3 nitrogen and oxygen atoms in total. The maximum Gasteiger partial charge on any atom is 0.187 e. The van der Waals surface area contributed by atoms with E-state index in [0.717, 1.165) is 0 Å². The standard InChI is InChI=1S/C17H19N3S/c1-14(16-10-6-3-7-11-16)12-19-20-17(21)18-13-15-8-4-2-5-9-15/h2-12,14H,13H2,1H3,(H2,18,20,21)/b19-12+. The van der Waals surface area contributed by atoms with Gasteiger partial charge in [-0.1, -0.05) is 67.6 Å². The van der Waals surface area contributed by atoms with Crippen LogP contribution >= 0.6 is 12.2 Å². The molecule has 0 aliphatic carbocycles. The molecule has 0 radical (unpaired) electrons. The molecule has 0 saturated carbocycles. The average Bonchev–Trinajstić information content (AvgIpc) is 2.54. The summed E-state index contributed by atoms with van der Waals surface area (Å²) in [6.07, 6.45) is 1.85. The van der Waals surface area contributed by atoms with Gasteiger partial charge in [0.15, 0.2) is 5.11 Å². The van der Waals surface area contributed by atoms with Crippen molar-refractivity contribution in [2.24, 2.45) is 5.10 Å². The molecule has 0 fully saturated rings. The first-order valence-corrected chi connectivity index (χ1v) is 7.32. The first-order chi connectivity index (χ1) is 10.3. The molecule has 0 aromatic heterocycles. The molecule has 2 N–H and O–H groups in total. The molecule has 2 aromatic carbocycles. The van der Waals surface area contributed by atoms with Crippen molar-refractivity contribution >= 4 is 23.5 Å². The molecule has 0 spiro atoms. The second kappa shape index (κ2) is 8.17. The van der Waals surface area contributed by atoms with E-state index >= 15 is 0 Å². The van der Waals surface area contributed by atoms with E-state index in [-0.39, 0.29) is 5.92 Å². The Labute approximate surface area is 131 Å². The van der Waals surface area contributed by atoms with E-state index < -0.39 is 0 Å². The van der Waals surface area contributed by atoms with Crippen molar-refractivity contribution < 1.29 is 0 Å². The fourth-order valence-corrected chi connectivity index (χ4v) is 1.99. The van der Waals surface area contributed by atoms with Gasteiger partial charge in [-0.05, 0) is 23.3 Å². The van der Waals surface area contributed by atoms with Crippen molar-refractivity contribution in [2.75, 3.05) is 0 Å². The monoisotopic (exact) mass is 297 g/mol. The summed E-state index contributed by atoms with van der Waals surface area (Å²) in [5, 5.41) is 7.82. The molecular formula is C17H19N3S. The summed E-state index contributed by atoms with van der Waals surface area (Å²) < 4.78 is 0. The lowest BCUT2D eigenvalue weighted by Gasteiger charge is -2.08. The lowest BCUT2D eigenvalue weighted by molar-refractivity contribution is 0.863. The summed E-state index contributed by atoms with van der Waals surface area (Å²) >= 11 is 5.19. The minimum absolute atomic E-state index is 0.246. The first-order valence-electron chi connectivity index (χ1n) is 6.91. The van der Waals surface area contributed by atoms with Gasteiger partial charge in [0.25, 0.3) is 0 Å². The van der Waals surface area contributed by atoms with Crippen LogP contribution in [0.5, 0.6) is 0 Å². The van der Waals surface area contributed by atoms with E-state index in [1.165, 1.54) is 11.1 Å². The van der Waals surface area contributed by atoms with Crippen LogP contribution in [0.4, 0.5) is 0 Å². The summed E-state index contributed by atoms with van der Waals surface area (Å²) in [5.74, 6) is 0.246. The second-order valence-corrected chi connectivity index (χ2v) is 5.17. The highest BCUT2D eigenvalue weighted by molar-refractivity contribution is 7.80. The van der Waals surface area contributed by atoms with Gasteiger partial charge >= 0.3 is 0 Å². The van der Waals surface area contributed by atoms with Crippen LogP contribution < -0.4 is 10.7 Å². The maximum atomic E-state index is 5.19. The van der Waals surface area contributed by atoms with Gasteiger partial charge < -0.3 is 5.32 Å². The SMILES string of the molecule is CC(/C=N/NC(=S)NCc1ccccc1)c1ccccc1. The topological polar surface area (TPSA) is 36.4 Å². The van der Waals surface area contributed by atoms with Crippen LogP contribution in [-0.2, 0) is 6.54 Å². The molecule has 0 bridgehead atoms. The molecule has 21 heavy (non-hydrogen) atoms. The van der Waals surface area contributed by atoms with E-state index in [9.17, 15) is 0 Å². The van der Waals surface area contributed by atoms with Gasteiger partial charge in [0.2, 0.25) is 0 Å². The zero-order valence-electron chi connectivity index (χ0n) is 12.0. The lowest BCUT2D eigenvalue weighted by Crippen LogP contribution is -2.31. The number of thiocarbonyl (C=S) groups is 1. The minimum Gasteiger partial charge on any atom is -0.357 e. The van der Waals surface area contributed by atoms with E-state index in [1.54, 1.807) is 0 Å². The molecule has 108 valence electrons. The third kappa shape index (κ3) is 5.36. The summed E-state index contributed by atoms with van der Waals surface area (Å²) in [6, 6.07) is 20.3. The molecule has 0 aliphatic rings. The summed E-state index contributed by atoms with van der Waals surface area (Å²) in [4.78, 5) is 0. The van der Waals surface area contributed by atoms with Gasteiger partial charge in [-0.15, -0.1) is 0 Å². The average molecular weight is 297 g/mol. The Kier molecular flexibility index (Phi) is 5.91. The smallest absolute Gasteiger partial charge is 0.187 e. The predicted octanol–water partition coefficient (Wildman–Crippen LogP) is 3.44. The number of nitrogens with zero attached hydrogens (tertiary/aromatic N) is 1. The first kappa shape index (κ1) is 15.2. The predicted molar refractivity (Wildman–Crippen MR) is 92.4 cm³/mol. The van der Waals surface area contributed by atoms with Crippen LogP contribution in [0.2, 0.25) is 0 Å². The molecule has 1 unspecified atom stereocenters. The van der Waals surface area contributed by atoms with Crippen molar-refractivity contribution in [3.8, 4) is 0 Å². The number of hydrazone groups is 1. The van der Waals surface area contributed by atoms with Gasteiger partial charge in [0.05, 0.1) is 0 Å². The van der Waals surface area contributed by atoms with E-state index in [1.807, 2.05) is 42.6 Å². The summed E-state index contributed by atoms with van der Waals surface area (Å²) in [5.41, 5.74) is 5.25. The highest BCUT2D eigenvalue weighted by Gasteiger charge is 2.00. The lowest BCUT2D eigenvalue weighted by atomic mass is 10.0. The normalized spacial score (nSPS) is 12.0. The third-order valence-electron chi connectivity index (χ3n) is 3.09. The molecule has 2 aromatic rings. The van der Waals surface area contributed by atoms with Crippen LogP contribution in [0.15, 0.2) is 65.8 Å². The van der Waals surface area contributed by atoms with Crippen LogP contribution in [0.3, 0.4) is 0 Å². The largest absolute Gasteiger partial charge is 0.357 e. The van der Waals surface area contributed by atoms with Crippen LogP contribution in [0.1, 0.15) is 24.0 Å². The molecule has 1 atom stereocenters. The Morgan fingerprint density at radius 2 is 1.71 bits per heavy atom. The minimum atomic E-state index is 0.246.